The third kappa shape index (κ3) is 3.68. The molecule has 0 bridgehead atoms. The Balaban J connectivity index is 1.13. The number of carboxylic acid groups (broad SMARTS) is 1. The first-order chi connectivity index (χ1) is 16.9. The van der Waals surface area contributed by atoms with Gasteiger partial charge in [-0.2, -0.15) is 0 Å². The van der Waals surface area contributed by atoms with Crippen molar-refractivity contribution in [2.24, 2.45) is 23.7 Å². The van der Waals surface area contributed by atoms with Gasteiger partial charge in [-0.1, -0.05) is 48.5 Å². The van der Waals surface area contributed by atoms with Gasteiger partial charge in [-0.25, -0.2) is 4.79 Å². The molecule has 1 aliphatic heterocycles. The number of carboxylic acids is 1. The number of ether oxygens (including phenoxy) is 1. The first-order valence-corrected chi connectivity index (χ1v) is 12.5. The molecule has 3 fully saturated rings. The van der Waals surface area contributed by atoms with Crippen LogP contribution in [0.3, 0.4) is 0 Å². The van der Waals surface area contributed by atoms with Crippen LogP contribution in [0, 0.1) is 23.7 Å². The van der Waals surface area contributed by atoms with Gasteiger partial charge >= 0.3 is 12.1 Å². The molecule has 1 saturated heterocycles. The van der Waals surface area contributed by atoms with E-state index >= 15 is 0 Å². The van der Waals surface area contributed by atoms with E-state index in [0.717, 1.165) is 24.0 Å². The molecule has 6 rings (SSSR count). The summed E-state index contributed by atoms with van der Waals surface area (Å²) in [4.78, 5) is 39.7. The first-order valence-electron chi connectivity index (χ1n) is 12.5. The lowest BCUT2D eigenvalue weighted by Gasteiger charge is -2.37. The molecule has 2 aromatic carbocycles. The van der Waals surface area contributed by atoms with Crippen molar-refractivity contribution >= 4 is 18.0 Å². The van der Waals surface area contributed by atoms with Crippen molar-refractivity contribution < 1.29 is 24.2 Å². The monoisotopic (exact) mass is 474 g/mol. The van der Waals surface area contributed by atoms with E-state index < -0.39 is 17.6 Å². The number of fused-ring (bicyclic) bond motifs is 4. The first kappa shape index (κ1) is 22.1. The number of benzene rings is 2. The molecule has 0 aromatic heterocycles. The normalized spacial score (nSPS) is 26.1. The maximum absolute atomic E-state index is 13.6. The van der Waals surface area contributed by atoms with E-state index in [-0.39, 0.29) is 42.1 Å². The van der Waals surface area contributed by atoms with Crippen LogP contribution >= 0.6 is 0 Å². The number of amides is 2. The summed E-state index contributed by atoms with van der Waals surface area (Å²) in [5, 5.41) is 12.3. The third-order valence-corrected chi connectivity index (χ3v) is 8.61. The SMILES string of the molecule is CC(NC(=O)OCC1c2ccccc2-c2ccccc21)(C(=O)N1CCC2C(C1)C2C(=O)O)C1CC1. The van der Waals surface area contributed by atoms with Crippen molar-refractivity contribution in [1.29, 1.82) is 0 Å². The molecule has 4 unspecified atom stereocenters. The molecule has 182 valence electrons. The van der Waals surface area contributed by atoms with Gasteiger partial charge in [0.2, 0.25) is 5.91 Å². The van der Waals surface area contributed by atoms with E-state index in [1.165, 1.54) is 11.1 Å². The van der Waals surface area contributed by atoms with Crippen LogP contribution in [-0.4, -0.2) is 53.2 Å². The minimum atomic E-state index is -1.04. The molecule has 2 N–H and O–H groups in total. The summed E-state index contributed by atoms with van der Waals surface area (Å²) in [7, 11) is 0. The number of carbonyl (C=O) groups excluding carboxylic acids is 2. The summed E-state index contributed by atoms with van der Waals surface area (Å²) in [6, 6.07) is 16.4. The van der Waals surface area contributed by atoms with Crippen LogP contribution in [0.25, 0.3) is 11.1 Å². The number of alkyl carbamates (subject to hydrolysis) is 1. The van der Waals surface area contributed by atoms with Crippen LogP contribution in [0.2, 0.25) is 0 Å². The molecule has 35 heavy (non-hydrogen) atoms. The minimum absolute atomic E-state index is 0.0307. The van der Waals surface area contributed by atoms with Gasteiger partial charge in [-0.3, -0.25) is 9.59 Å². The number of nitrogens with zero attached hydrogens (tertiary/aromatic N) is 1. The summed E-state index contributed by atoms with van der Waals surface area (Å²) in [5.74, 6) is -0.989. The Bertz CT molecular complexity index is 1160. The van der Waals surface area contributed by atoms with Gasteiger partial charge in [0.1, 0.15) is 12.1 Å². The number of nitrogens with one attached hydrogen (secondary N) is 1. The molecule has 7 heteroatoms. The lowest BCUT2D eigenvalue weighted by Crippen LogP contribution is -2.60. The Kier molecular flexibility index (Phi) is 5.13. The van der Waals surface area contributed by atoms with E-state index in [9.17, 15) is 19.5 Å². The van der Waals surface area contributed by atoms with E-state index in [1.54, 1.807) is 11.8 Å². The van der Waals surface area contributed by atoms with Crippen LogP contribution in [0.4, 0.5) is 4.79 Å². The van der Waals surface area contributed by atoms with Gasteiger partial charge in [-0.05, 0) is 66.2 Å². The van der Waals surface area contributed by atoms with Crippen LogP contribution in [0.5, 0.6) is 0 Å². The highest BCUT2D eigenvalue weighted by atomic mass is 16.5. The highest BCUT2D eigenvalue weighted by molar-refractivity contribution is 5.91. The zero-order valence-electron chi connectivity index (χ0n) is 19.8. The fourth-order valence-electron chi connectivity index (χ4n) is 6.45. The summed E-state index contributed by atoms with van der Waals surface area (Å²) >= 11 is 0. The second-order valence-corrected chi connectivity index (χ2v) is 10.7. The quantitative estimate of drug-likeness (QED) is 0.663. The molecule has 7 nitrogen and oxygen atoms in total. The van der Waals surface area contributed by atoms with Gasteiger partial charge in [0.05, 0.1) is 5.92 Å². The van der Waals surface area contributed by atoms with Gasteiger partial charge in [0.15, 0.2) is 0 Å². The number of carbonyl (C=O) groups is 3. The van der Waals surface area contributed by atoms with Gasteiger partial charge in [0, 0.05) is 19.0 Å². The number of hydrogen-bond donors (Lipinski definition) is 2. The second kappa shape index (κ2) is 8.11. The number of piperidine rings is 1. The van der Waals surface area contributed by atoms with Crippen molar-refractivity contribution in [3.63, 3.8) is 0 Å². The minimum Gasteiger partial charge on any atom is -0.481 e. The molecule has 1 heterocycles. The Morgan fingerprint density at radius 2 is 1.63 bits per heavy atom. The molecule has 2 aromatic rings. The van der Waals surface area contributed by atoms with Crippen molar-refractivity contribution in [1.82, 2.24) is 10.2 Å². The molecule has 3 aliphatic carbocycles. The average Bonchev–Trinajstić information content (AvgIpc) is 3.78. The smallest absolute Gasteiger partial charge is 0.408 e. The Morgan fingerprint density at radius 3 is 2.23 bits per heavy atom. The van der Waals surface area contributed by atoms with Gasteiger partial charge < -0.3 is 20.1 Å². The topological polar surface area (TPSA) is 95.9 Å². The molecule has 0 radical (unpaired) electrons. The van der Waals surface area contributed by atoms with Crippen molar-refractivity contribution in [3.8, 4) is 11.1 Å². The largest absolute Gasteiger partial charge is 0.481 e. The standard InChI is InChI=1S/C28H30N2O5/c1-28(16-10-11-16,26(33)30-13-12-21-22(14-30)24(21)25(31)32)29-27(34)35-15-23-19-8-4-2-6-17(19)18-7-3-5-9-20(18)23/h2-9,16,21-24H,10-15H2,1H3,(H,29,34)(H,31,32). The fourth-order valence-corrected chi connectivity index (χ4v) is 6.45. The van der Waals surface area contributed by atoms with Crippen LogP contribution in [-0.2, 0) is 14.3 Å². The molecule has 0 spiro atoms. The lowest BCUT2D eigenvalue weighted by atomic mass is 9.93. The summed E-state index contributed by atoms with van der Waals surface area (Å²) in [6.45, 7) is 2.98. The Morgan fingerprint density at radius 1 is 1.00 bits per heavy atom. The number of rotatable bonds is 6. The van der Waals surface area contributed by atoms with E-state index in [2.05, 4.69) is 29.6 Å². The predicted molar refractivity (Wildman–Crippen MR) is 129 cm³/mol. The number of hydrogen-bond acceptors (Lipinski definition) is 4. The highest BCUT2D eigenvalue weighted by Gasteiger charge is 2.59. The number of likely N-dealkylation sites (tertiary alicyclic amines) is 1. The van der Waals surface area contributed by atoms with Gasteiger partial charge in [0.25, 0.3) is 0 Å². The molecule has 2 saturated carbocycles. The van der Waals surface area contributed by atoms with Crippen molar-refractivity contribution in [2.75, 3.05) is 19.7 Å². The van der Waals surface area contributed by atoms with E-state index in [4.69, 9.17) is 4.74 Å². The van der Waals surface area contributed by atoms with E-state index in [0.29, 0.717) is 19.5 Å². The van der Waals surface area contributed by atoms with E-state index in [1.807, 2.05) is 24.3 Å². The van der Waals surface area contributed by atoms with Crippen molar-refractivity contribution in [3.05, 3.63) is 59.7 Å². The van der Waals surface area contributed by atoms with Crippen molar-refractivity contribution in [2.45, 2.75) is 37.6 Å². The summed E-state index contributed by atoms with van der Waals surface area (Å²) < 4.78 is 5.73. The number of aliphatic carboxylic acids is 1. The Hall–Kier alpha value is -3.35. The highest BCUT2D eigenvalue weighted by Crippen LogP contribution is 2.52. The maximum Gasteiger partial charge on any atom is 0.408 e. The molecule has 4 atom stereocenters. The zero-order chi connectivity index (χ0) is 24.3. The zero-order valence-corrected chi connectivity index (χ0v) is 19.8. The van der Waals surface area contributed by atoms with Crippen LogP contribution in [0.15, 0.2) is 48.5 Å². The lowest BCUT2D eigenvalue weighted by molar-refractivity contribution is -0.141. The maximum atomic E-state index is 13.6. The average molecular weight is 475 g/mol. The predicted octanol–water partition coefficient (Wildman–Crippen LogP) is 3.87. The second-order valence-electron chi connectivity index (χ2n) is 10.7. The molecule has 2 amide bonds. The molecule has 4 aliphatic rings. The van der Waals surface area contributed by atoms with Crippen LogP contribution in [0.1, 0.15) is 43.2 Å². The Labute approximate surface area is 204 Å². The summed E-state index contributed by atoms with van der Waals surface area (Å²) in [6.07, 6.45) is 1.88. The van der Waals surface area contributed by atoms with Crippen LogP contribution < -0.4 is 5.32 Å². The third-order valence-electron chi connectivity index (χ3n) is 8.61. The molecular weight excluding hydrogens is 444 g/mol. The van der Waals surface area contributed by atoms with Gasteiger partial charge in [-0.15, -0.1) is 0 Å². The summed E-state index contributed by atoms with van der Waals surface area (Å²) in [5.41, 5.74) is 3.57. The fraction of sp³-hybridized carbons (Fsp3) is 0.464. The molecular formula is C28H30N2O5.